The lowest BCUT2D eigenvalue weighted by Crippen LogP contribution is -2.02. The average molecular weight is 388 g/mol. The summed E-state index contributed by atoms with van der Waals surface area (Å²) in [5, 5.41) is 16.3. The monoisotopic (exact) mass is 388 g/mol. The van der Waals surface area contributed by atoms with Gasteiger partial charge in [-0.1, -0.05) is 72.4 Å². The molecular weight excluding hydrogens is 368 g/mol. The minimum atomic E-state index is 0.665. The normalized spacial score (nSPS) is 11.4. The van der Waals surface area contributed by atoms with Crippen LogP contribution in [0.5, 0.6) is 5.75 Å². The van der Waals surface area contributed by atoms with Crippen LogP contribution in [0, 0.1) is 0 Å². The van der Waals surface area contributed by atoms with E-state index in [-0.39, 0.29) is 0 Å². The highest BCUT2D eigenvalue weighted by Gasteiger charge is 2.12. The van der Waals surface area contributed by atoms with Gasteiger partial charge in [0.25, 0.3) is 0 Å². The van der Waals surface area contributed by atoms with Crippen LogP contribution in [0.4, 0.5) is 0 Å². The Morgan fingerprint density at radius 2 is 1.79 bits per heavy atom. The molecular formula is C22H20N4OS. The fourth-order valence-electron chi connectivity index (χ4n) is 3.13. The lowest BCUT2D eigenvalue weighted by molar-refractivity contribution is 0.415. The van der Waals surface area contributed by atoms with Gasteiger partial charge in [-0.25, -0.2) is 0 Å². The molecule has 1 heterocycles. The molecule has 0 radical (unpaired) electrons. The molecule has 0 amide bonds. The Labute approximate surface area is 168 Å². The largest absolute Gasteiger partial charge is 0.496 e. The van der Waals surface area contributed by atoms with Crippen molar-refractivity contribution in [1.82, 2.24) is 14.9 Å². The van der Waals surface area contributed by atoms with Crippen LogP contribution in [0.1, 0.15) is 17.0 Å². The molecule has 140 valence electrons. The standard InChI is InChI=1S/C22H20N4OS/c1-27-20-13-12-17-10-6-7-11-18(17)19(20)15-23-26-21(24-25-22(26)28-2)14-16-8-4-3-5-9-16/h3-13,15H,14H2,1-2H3/b23-15-. The molecule has 6 heteroatoms. The molecule has 0 saturated heterocycles. The molecule has 0 atom stereocenters. The first-order chi connectivity index (χ1) is 13.8. The zero-order chi connectivity index (χ0) is 19.3. The fraction of sp³-hybridized carbons (Fsp3) is 0.136. The Balaban J connectivity index is 1.76. The number of rotatable bonds is 6. The first-order valence-electron chi connectivity index (χ1n) is 8.92. The SMILES string of the molecule is COc1ccc2ccccc2c1/C=N\n1c(Cc2ccccc2)nnc1SC. The van der Waals surface area contributed by atoms with Gasteiger partial charge in [-0.05, 0) is 28.7 Å². The van der Waals surface area contributed by atoms with Crippen LogP contribution in [-0.4, -0.2) is 34.5 Å². The highest BCUT2D eigenvalue weighted by atomic mass is 32.2. The van der Waals surface area contributed by atoms with Crippen molar-refractivity contribution >= 4 is 28.7 Å². The molecule has 0 fully saturated rings. The predicted octanol–water partition coefficient (Wildman–Crippen LogP) is 4.63. The van der Waals surface area contributed by atoms with Gasteiger partial charge < -0.3 is 4.74 Å². The lowest BCUT2D eigenvalue weighted by atomic mass is 10.0. The van der Waals surface area contributed by atoms with Crippen LogP contribution in [0.25, 0.3) is 10.8 Å². The third-order valence-electron chi connectivity index (χ3n) is 4.52. The molecule has 0 unspecified atom stereocenters. The first-order valence-corrected chi connectivity index (χ1v) is 10.1. The average Bonchev–Trinajstić information content (AvgIpc) is 3.14. The molecule has 0 aliphatic heterocycles. The molecule has 0 N–H and O–H groups in total. The maximum Gasteiger partial charge on any atom is 0.211 e. The quantitative estimate of drug-likeness (QED) is 0.357. The third-order valence-corrected chi connectivity index (χ3v) is 5.14. The fourth-order valence-corrected chi connectivity index (χ4v) is 3.58. The number of aromatic nitrogens is 3. The zero-order valence-electron chi connectivity index (χ0n) is 15.7. The highest BCUT2D eigenvalue weighted by Crippen LogP contribution is 2.27. The number of nitrogens with zero attached hydrogens (tertiary/aromatic N) is 4. The molecule has 0 aliphatic carbocycles. The summed E-state index contributed by atoms with van der Waals surface area (Å²) >= 11 is 1.52. The molecule has 0 spiro atoms. The Hall–Kier alpha value is -3.12. The van der Waals surface area contributed by atoms with E-state index in [1.807, 2.05) is 48.9 Å². The Kier molecular flexibility index (Phi) is 5.39. The highest BCUT2D eigenvalue weighted by molar-refractivity contribution is 7.98. The van der Waals surface area contributed by atoms with Gasteiger partial charge in [-0.3, -0.25) is 0 Å². The lowest BCUT2D eigenvalue weighted by Gasteiger charge is -2.09. The first kappa shape index (κ1) is 18.3. The van der Waals surface area contributed by atoms with Gasteiger partial charge in [0.2, 0.25) is 5.16 Å². The second-order valence-electron chi connectivity index (χ2n) is 6.22. The number of benzene rings is 3. The van der Waals surface area contributed by atoms with Crippen LogP contribution in [0.2, 0.25) is 0 Å². The maximum absolute atomic E-state index is 5.57. The summed E-state index contributed by atoms with van der Waals surface area (Å²) in [7, 11) is 1.67. The molecule has 0 aliphatic rings. The van der Waals surface area contributed by atoms with E-state index in [1.165, 1.54) is 17.3 Å². The van der Waals surface area contributed by atoms with Crippen LogP contribution in [-0.2, 0) is 6.42 Å². The van der Waals surface area contributed by atoms with E-state index in [4.69, 9.17) is 9.84 Å². The van der Waals surface area contributed by atoms with E-state index in [0.29, 0.717) is 6.42 Å². The van der Waals surface area contributed by atoms with E-state index in [1.54, 1.807) is 11.8 Å². The van der Waals surface area contributed by atoms with Gasteiger partial charge in [0.1, 0.15) is 5.75 Å². The predicted molar refractivity (Wildman–Crippen MR) is 115 cm³/mol. The van der Waals surface area contributed by atoms with Crippen molar-refractivity contribution in [2.75, 3.05) is 13.4 Å². The summed E-state index contributed by atoms with van der Waals surface area (Å²) in [6, 6.07) is 22.4. The number of hydrogen-bond acceptors (Lipinski definition) is 5. The molecule has 28 heavy (non-hydrogen) atoms. The summed E-state index contributed by atoms with van der Waals surface area (Å²) < 4.78 is 7.37. The Morgan fingerprint density at radius 1 is 1.00 bits per heavy atom. The minimum absolute atomic E-state index is 0.665. The van der Waals surface area contributed by atoms with E-state index in [9.17, 15) is 0 Å². The van der Waals surface area contributed by atoms with Gasteiger partial charge in [0.15, 0.2) is 5.82 Å². The van der Waals surface area contributed by atoms with Crippen molar-refractivity contribution in [1.29, 1.82) is 0 Å². The number of methoxy groups -OCH3 is 1. The van der Waals surface area contributed by atoms with Crippen LogP contribution in [0.15, 0.2) is 77.0 Å². The Bertz CT molecular complexity index is 1120. The van der Waals surface area contributed by atoms with Gasteiger partial charge in [0.05, 0.1) is 13.3 Å². The number of fused-ring (bicyclic) bond motifs is 1. The summed E-state index contributed by atoms with van der Waals surface area (Å²) in [6.45, 7) is 0. The zero-order valence-corrected chi connectivity index (χ0v) is 16.6. The topological polar surface area (TPSA) is 52.3 Å². The van der Waals surface area contributed by atoms with Crippen molar-refractivity contribution in [2.24, 2.45) is 5.10 Å². The van der Waals surface area contributed by atoms with E-state index >= 15 is 0 Å². The summed E-state index contributed by atoms with van der Waals surface area (Å²) in [4.78, 5) is 0. The van der Waals surface area contributed by atoms with Gasteiger partial charge >= 0.3 is 0 Å². The van der Waals surface area contributed by atoms with E-state index in [0.717, 1.165) is 33.1 Å². The van der Waals surface area contributed by atoms with Gasteiger partial charge in [0, 0.05) is 12.0 Å². The number of thioether (sulfide) groups is 1. The number of hydrogen-bond donors (Lipinski definition) is 0. The second-order valence-corrected chi connectivity index (χ2v) is 7.00. The van der Waals surface area contributed by atoms with E-state index < -0.39 is 0 Å². The van der Waals surface area contributed by atoms with Crippen molar-refractivity contribution < 1.29 is 4.74 Å². The summed E-state index contributed by atoms with van der Waals surface area (Å²) in [5.41, 5.74) is 2.11. The van der Waals surface area contributed by atoms with Crippen molar-refractivity contribution in [3.63, 3.8) is 0 Å². The van der Waals surface area contributed by atoms with Crippen molar-refractivity contribution in [3.05, 3.63) is 83.7 Å². The second kappa shape index (κ2) is 8.27. The van der Waals surface area contributed by atoms with Crippen LogP contribution >= 0.6 is 11.8 Å². The minimum Gasteiger partial charge on any atom is -0.496 e. The molecule has 3 aromatic carbocycles. The van der Waals surface area contributed by atoms with E-state index in [2.05, 4.69) is 40.5 Å². The smallest absolute Gasteiger partial charge is 0.211 e. The van der Waals surface area contributed by atoms with Gasteiger partial charge in [-0.15, -0.1) is 10.2 Å². The molecule has 4 aromatic rings. The Morgan fingerprint density at radius 3 is 2.57 bits per heavy atom. The van der Waals surface area contributed by atoms with Crippen LogP contribution in [0.3, 0.4) is 0 Å². The molecule has 0 bridgehead atoms. The van der Waals surface area contributed by atoms with Gasteiger partial charge in [-0.2, -0.15) is 9.78 Å². The molecule has 1 aromatic heterocycles. The van der Waals surface area contributed by atoms with Crippen LogP contribution < -0.4 is 4.74 Å². The summed E-state index contributed by atoms with van der Waals surface area (Å²) in [5.74, 6) is 1.58. The molecule has 4 rings (SSSR count). The third kappa shape index (κ3) is 3.64. The van der Waals surface area contributed by atoms with Crippen molar-refractivity contribution in [3.8, 4) is 5.75 Å². The maximum atomic E-state index is 5.57. The summed E-state index contributed by atoms with van der Waals surface area (Å²) in [6.07, 6.45) is 4.47. The number of ether oxygens (including phenoxy) is 1. The molecule has 5 nitrogen and oxygen atoms in total. The molecule has 0 saturated carbocycles. The van der Waals surface area contributed by atoms with Crippen molar-refractivity contribution in [2.45, 2.75) is 11.6 Å².